The molecule has 0 aromatic heterocycles. The molecule has 18 heavy (non-hydrogen) atoms. The Morgan fingerprint density at radius 2 is 1.72 bits per heavy atom. The average Bonchev–Trinajstić information content (AvgIpc) is 2.49. The molecule has 104 valence electrons. The average molecular weight is 253 g/mol. The lowest BCUT2D eigenvalue weighted by Gasteiger charge is -2.32. The third-order valence-electron chi connectivity index (χ3n) is 4.72. The zero-order valence-electron chi connectivity index (χ0n) is 12.4. The molecule has 0 saturated carbocycles. The van der Waals surface area contributed by atoms with Crippen molar-refractivity contribution in [2.24, 2.45) is 0 Å². The van der Waals surface area contributed by atoms with E-state index in [1.807, 2.05) is 0 Å². The van der Waals surface area contributed by atoms with E-state index in [9.17, 15) is 0 Å². The lowest BCUT2D eigenvalue weighted by molar-refractivity contribution is 0.00578. The molecule has 0 bridgehead atoms. The predicted octanol–water partition coefficient (Wildman–Crippen LogP) is 3.00. The summed E-state index contributed by atoms with van der Waals surface area (Å²) < 4.78 is 12.1. The highest BCUT2D eigenvalue weighted by Gasteiger charge is 2.50. The van der Waals surface area contributed by atoms with Crippen LogP contribution in [-0.4, -0.2) is 30.9 Å². The number of rotatable bonds is 3. The van der Waals surface area contributed by atoms with Gasteiger partial charge in [-0.1, -0.05) is 12.8 Å². The maximum atomic E-state index is 6.04. The van der Waals surface area contributed by atoms with E-state index in [-0.39, 0.29) is 18.3 Å². The summed E-state index contributed by atoms with van der Waals surface area (Å²) in [5, 5.41) is 3.64. The minimum atomic E-state index is -0.186. The molecule has 1 unspecified atom stereocenters. The second kappa shape index (κ2) is 5.52. The van der Waals surface area contributed by atoms with Crippen LogP contribution < -0.4 is 5.32 Å². The van der Waals surface area contributed by atoms with Crippen LogP contribution in [0.4, 0.5) is 0 Å². The van der Waals surface area contributed by atoms with Crippen LogP contribution >= 0.6 is 0 Å². The van der Waals surface area contributed by atoms with Crippen LogP contribution in [0.5, 0.6) is 0 Å². The van der Waals surface area contributed by atoms with E-state index < -0.39 is 0 Å². The van der Waals surface area contributed by atoms with Crippen molar-refractivity contribution in [3.8, 4) is 0 Å². The summed E-state index contributed by atoms with van der Waals surface area (Å²) >= 11 is 0. The van der Waals surface area contributed by atoms with Crippen molar-refractivity contribution < 1.29 is 9.31 Å². The molecule has 2 saturated heterocycles. The van der Waals surface area contributed by atoms with Crippen molar-refractivity contribution in [1.82, 2.24) is 5.32 Å². The molecule has 0 spiro atoms. The van der Waals surface area contributed by atoms with Crippen molar-refractivity contribution >= 4 is 7.12 Å². The van der Waals surface area contributed by atoms with E-state index in [0.29, 0.717) is 6.04 Å². The Labute approximate surface area is 112 Å². The fourth-order valence-corrected chi connectivity index (χ4v) is 2.77. The zero-order chi connectivity index (χ0) is 13.2. The van der Waals surface area contributed by atoms with E-state index in [4.69, 9.17) is 9.31 Å². The first kappa shape index (κ1) is 14.4. The predicted molar refractivity (Wildman–Crippen MR) is 75.8 cm³/mol. The lowest BCUT2D eigenvalue weighted by Crippen LogP contribution is -2.41. The maximum Gasteiger partial charge on any atom is 0.457 e. The highest BCUT2D eigenvalue weighted by Crippen LogP contribution is 2.38. The summed E-state index contributed by atoms with van der Waals surface area (Å²) in [5.74, 6) is 0. The third kappa shape index (κ3) is 3.28. The summed E-state index contributed by atoms with van der Waals surface area (Å²) in [6.07, 6.45) is 7.54. The van der Waals surface area contributed by atoms with Gasteiger partial charge >= 0.3 is 7.12 Å². The fraction of sp³-hybridized carbons (Fsp3) is 1.00. The van der Waals surface area contributed by atoms with Gasteiger partial charge in [-0.3, -0.25) is 0 Å². The fourth-order valence-electron chi connectivity index (χ4n) is 2.77. The molecule has 2 aliphatic heterocycles. The molecule has 0 aliphatic carbocycles. The molecule has 1 atom stereocenters. The highest BCUT2D eigenvalue weighted by atomic mass is 16.7. The van der Waals surface area contributed by atoms with Gasteiger partial charge < -0.3 is 14.6 Å². The first-order valence-corrected chi connectivity index (χ1v) is 7.50. The molecule has 2 rings (SSSR count). The van der Waals surface area contributed by atoms with Gasteiger partial charge in [-0.25, -0.2) is 0 Å². The van der Waals surface area contributed by atoms with Crippen LogP contribution in [0.15, 0.2) is 0 Å². The van der Waals surface area contributed by atoms with Gasteiger partial charge in [-0.05, 0) is 59.8 Å². The first-order chi connectivity index (χ1) is 8.41. The topological polar surface area (TPSA) is 30.5 Å². The van der Waals surface area contributed by atoms with E-state index in [2.05, 4.69) is 33.0 Å². The molecule has 0 amide bonds. The molecular weight excluding hydrogens is 225 g/mol. The molecule has 0 aromatic rings. The van der Waals surface area contributed by atoms with E-state index in [0.717, 1.165) is 12.7 Å². The zero-order valence-corrected chi connectivity index (χ0v) is 12.4. The van der Waals surface area contributed by atoms with E-state index >= 15 is 0 Å². The molecular formula is C14H28BNO2. The Kier molecular flexibility index (Phi) is 4.40. The van der Waals surface area contributed by atoms with Gasteiger partial charge in [0.05, 0.1) is 11.2 Å². The molecule has 4 heteroatoms. The quantitative estimate of drug-likeness (QED) is 0.784. The second-order valence-electron chi connectivity index (χ2n) is 6.76. The van der Waals surface area contributed by atoms with Crippen molar-refractivity contribution in [1.29, 1.82) is 0 Å². The van der Waals surface area contributed by atoms with Gasteiger partial charge in [0, 0.05) is 6.04 Å². The van der Waals surface area contributed by atoms with E-state index in [1.54, 1.807) is 0 Å². The Hall–Kier alpha value is -0.0551. The van der Waals surface area contributed by atoms with Crippen molar-refractivity contribution in [3.05, 3.63) is 0 Å². The molecule has 2 fully saturated rings. The summed E-state index contributed by atoms with van der Waals surface area (Å²) in [7, 11) is -0.0277. The number of nitrogens with one attached hydrogen (secondary N) is 1. The smallest absolute Gasteiger partial charge is 0.403 e. The Balaban J connectivity index is 1.78. The summed E-state index contributed by atoms with van der Waals surface area (Å²) in [6, 6.07) is 0.659. The molecule has 1 N–H and O–H groups in total. The molecule has 3 nitrogen and oxygen atoms in total. The normalized spacial score (nSPS) is 31.3. The van der Waals surface area contributed by atoms with Gasteiger partial charge in [0.1, 0.15) is 0 Å². The summed E-state index contributed by atoms with van der Waals surface area (Å²) in [4.78, 5) is 0. The van der Waals surface area contributed by atoms with E-state index in [1.165, 1.54) is 32.2 Å². The van der Waals surface area contributed by atoms with Crippen LogP contribution in [0, 0.1) is 0 Å². The maximum absolute atomic E-state index is 6.04. The number of hydrogen-bond donors (Lipinski definition) is 1. The molecule has 2 aliphatic rings. The molecule has 2 heterocycles. The summed E-state index contributed by atoms with van der Waals surface area (Å²) in [5.41, 5.74) is -0.372. The highest BCUT2D eigenvalue weighted by molar-refractivity contribution is 6.45. The van der Waals surface area contributed by atoms with Crippen LogP contribution in [-0.2, 0) is 9.31 Å². The second-order valence-corrected chi connectivity index (χ2v) is 6.76. The van der Waals surface area contributed by atoms with Gasteiger partial charge in [0.25, 0.3) is 0 Å². The van der Waals surface area contributed by atoms with Gasteiger partial charge in [-0.15, -0.1) is 0 Å². The van der Waals surface area contributed by atoms with Gasteiger partial charge in [0.15, 0.2) is 0 Å². The summed E-state index contributed by atoms with van der Waals surface area (Å²) in [6.45, 7) is 9.66. The van der Waals surface area contributed by atoms with Crippen LogP contribution in [0.3, 0.4) is 0 Å². The third-order valence-corrected chi connectivity index (χ3v) is 4.72. The SMILES string of the molecule is CC1(C)OB(CCC2CCCCCN2)OC1(C)C. The Morgan fingerprint density at radius 3 is 2.39 bits per heavy atom. The minimum absolute atomic E-state index is 0.0277. The van der Waals surface area contributed by atoms with Crippen LogP contribution in [0.25, 0.3) is 0 Å². The monoisotopic (exact) mass is 253 g/mol. The van der Waals surface area contributed by atoms with Crippen molar-refractivity contribution in [2.75, 3.05) is 6.54 Å². The van der Waals surface area contributed by atoms with Crippen LogP contribution in [0.1, 0.15) is 59.8 Å². The van der Waals surface area contributed by atoms with Crippen LogP contribution in [0.2, 0.25) is 6.32 Å². The minimum Gasteiger partial charge on any atom is -0.403 e. The van der Waals surface area contributed by atoms with Gasteiger partial charge in [-0.2, -0.15) is 0 Å². The largest absolute Gasteiger partial charge is 0.457 e. The standard InChI is InChI=1S/C14H28BNO2/c1-13(2)14(3,4)18-15(17-13)10-9-12-8-6-5-7-11-16-12/h12,16H,5-11H2,1-4H3. The van der Waals surface area contributed by atoms with Gasteiger partial charge in [0.2, 0.25) is 0 Å². The number of hydrogen-bond acceptors (Lipinski definition) is 3. The first-order valence-electron chi connectivity index (χ1n) is 7.50. The van der Waals surface area contributed by atoms with Crippen molar-refractivity contribution in [3.63, 3.8) is 0 Å². The molecule has 0 radical (unpaired) electrons. The molecule has 0 aromatic carbocycles. The van der Waals surface area contributed by atoms with Crippen molar-refractivity contribution in [2.45, 2.75) is 83.4 Å². The Bertz CT molecular complexity index is 257. The lowest BCUT2D eigenvalue weighted by atomic mass is 9.81. The Morgan fingerprint density at radius 1 is 1.06 bits per heavy atom.